The average Bonchev–Trinajstić information content (AvgIpc) is 2.26. The summed E-state index contributed by atoms with van der Waals surface area (Å²) < 4.78 is 0. The van der Waals surface area contributed by atoms with E-state index >= 15 is 0 Å². The molecule has 0 amide bonds. The summed E-state index contributed by atoms with van der Waals surface area (Å²) in [7, 11) is 0. The highest BCUT2D eigenvalue weighted by atomic mass is 35.5. The van der Waals surface area contributed by atoms with Crippen molar-refractivity contribution < 1.29 is 14.6 Å². The summed E-state index contributed by atoms with van der Waals surface area (Å²) in [5, 5.41) is 0.490. The molecule has 0 aliphatic rings. The molecule has 0 unspecified atom stereocenters. The van der Waals surface area contributed by atoms with Gasteiger partial charge in [0.2, 0.25) is 0 Å². The number of hydrogen-bond acceptors (Lipinski definition) is 3. The quantitative estimate of drug-likeness (QED) is 0.598. The Morgan fingerprint density at radius 1 is 1.44 bits per heavy atom. The van der Waals surface area contributed by atoms with Crippen LogP contribution in [0.25, 0.3) is 0 Å². The second-order valence-electron chi connectivity index (χ2n) is 4.08. The molecule has 4 heteroatoms. The van der Waals surface area contributed by atoms with Gasteiger partial charge in [-0.15, -0.1) is 0 Å². The lowest BCUT2D eigenvalue weighted by Crippen LogP contribution is -2.25. The number of carbonyl (C=O) groups is 1. The molecule has 0 saturated heterocycles. The zero-order chi connectivity index (χ0) is 12.2. The second-order valence-corrected chi connectivity index (χ2v) is 4.51. The van der Waals surface area contributed by atoms with Crippen molar-refractivity contribution >= 4 is 17.6 Å². The van der Waals surface area contributed by atoms with Gasteiger partial charge >= 0.3 is 5.97 Å². The molecule has 0 aliphatic carbocycles. The predicted octanol–water partition coefficient (Wildman–Crippen LogP) is 3.62. The van der Waals surface area contributed by atoms with Crippen molar-refractivity contribution in [1.82, 2.24) is 0 Å². The number of carbonyl (C=O) groups excluding carboxylic acids is 1. The van der Waals surface area contributed by atoms with Crippen LogP contribution in [-0.4, -0.2) is 11.6 Å². The van der Waals surface area contributed by atoms with Gasteiger partial charge in [0.15, 0.2) is 0 Å². The monoisotopic (exact) mass is 242 g/mol. The second kappa shape index (κ2) is 5.32. The lowest BCUT2D eigenvalue weighted by Gasteiger charge is -2.20. The van der Waals surface area contributed by atoms with E-state index in [0.29, 0.717) is 10.6 Å². The maximum Gasteiger partial charge on any atom is 0.373 e. The van der Waals surface area contributed by atoms with E-state index in [-0.39, 0.29) is 0 Å². The van der Waals surface area contributed by atoms with Crippen molar-refractivity contribution in [3.63, 3.8) is 0 Å². The third kappa shape index (κ3) is 3.83. The molecular weight excluding hydrogens is 228 g/mol. The fraction of sp³-hybridized carbons (Fsp3) is 0.417. The molecule has 0 heterocycles. The van der Waals surface area contributed by atoms with Gasteiger partial charge < -0.3 is 0 Å². The molecule has 1 aromatic rings. The first-order valence-electron chi connectivity index (χ1n) is 5.10. The van der Waals surface area contributed by atoms with Gasteiger partial charge in [0, 0.05) is 5.02 Å². The van der Waals surface area contributed by atoms with E-state index in [1.165, 1.54) is 6.07 Å². The summed E-state index contributed by atoms with van der Waals surface area (Å²) in [6.45, 7) is 5.64. The molecule has 1 rings (SSSR count). The van der Waals surface area contributed by atoms with E-state index < -0.39 is 11.6 Å². The molecule has 0 aliphatic heterocycles. The van der Waals surface area contributed by atoms with E-state index in [2.05, 4.69) is 0 Å². The van der Waals surface area contributed by atoms with E-state index in [1.807, 2.05) is 20.8 Å². The molecule has 0 radical (unpaired) electrons. The highest BCUT2D eigenvalue weighted by molar-refractivity contribution is 6.30. The minimum absolute atomic E-state index is 0.374. The Hall–Kier alpha value is -1.06. The van der Waals surface area contributed by atoms with Crippen LogP contribution >= 0.6 is 11.6 Å². The van der Waals surface area contributed by atoms with Crippen molar-refractivity contribution in [3.8, 4) is 0 Å². The van der Waals surface area contributed by atoms with Crippen LogP contribution in [0.2, 0.25) is 5.02 Å². The van der Waals surface area contributed by atoms with E-state index in [0.717, 1.165) is 6.42 Å². The molecule has 0 N–H and O–H groups in total. The molecule has 0 aromatic heterocycles. The maximum atomic E-state index is 11.6. The molecular formula is C12H15ClO3. The molecule has 3 nitrogen and oxygen atoms in total. The van der Waals surface area contributed by atoms with Crippen LogP contribution in [-0.2, 0) is 9.78 Å². The van der Waals surface area contributed by atoms with Crippen LogP contribution in [0.5, 0.6) is 0 Å². The number of halogens is 1. The van der Waals surface area contributed by atoms with Gasteiger partial charge in [-0.3, -0.25) is 4.89 Å². The standard InChI is InChI=1S/C12H15ClO3/c1-4-12(2,3)16-15-11(14)9-6-5-7-10(13)8-9/h5-8H,4H2,1-3H3. The lowest BCUT2D eigenvalue weighted by molar-refractivity contribution is -0.307. The Morgan fingerprint density at radius 2 is 2.12 bits per heavy atom. The Bertz CT molecular complexity index is 374. The smallest absolute Gasteiger partial charge is 0.292 e. The Balaban J connectivity index is 2.60. The number of rotatable bonds is 4. The van der Waals surface area contributed by atoms with E-state index in [1.54, 1.807) is 18.2 Å². The normalized spacial score (nSPS) is 11.2. The molecule has 88 valence electrons. The van der Waals surface area contributed by atoms with Gasteiger partial charge in [-0.1, -0.05) is 24.6 Å². The molecule has 0 atom stereocenters. The summed E-state index contributed by atoms with van der Waals surface area (Å²) in [6.07, 6.45) is 0.746. The predicted molar refractivity (Wildman–Crippen MR) is 62.3 cm³/mol. The summed E-state index contributed by atoms with van der Waals surface area (Å²) in [4.78, 5) is 21.3. The fourth-order valence-electron chi connectivity index (χ4n) is 0.873. The van der Waals surface area contributed by atoms with Gasteiger partial charge in [0.1, 0.15) is 5.60 Å². The molecule has 0 fully saturated rings. The fourth-order valence-corrected chi connectivity index (χ4v) is 1.06. The molecule has 0 spiro atoms. The Kier molecular flexibility index (Phi) is 4.33. The molecule has 0 saturated carbocycles. The van der Waals surface area contributed by atoms with Crippen molar-refractivity contribution in [1.29, 1.82) is 0 Å². The third-order valence-electron chi connectivity index (χ3n) is 2.25. The van der Waals surface area contributed by atoms with Crippen LogP contribution < -0.4 is 0 Å². The SMILES string of the molecule is CCC(C)(C)OOC(=O)c1cccc(Cl)c1. The zero-order valence-corrected chi connectivity index (χ0v) is 10.4. The molecule has 0 bridgehead atoms. The summed E-state index contributed by atoms with van der Waals surface area (Å²) in [6, 6.07) is 6.53. The van der Waals surface area contributed by atoms with Crippen molar-refractivity contribution in [2.45, 2.75) is 32.8 Å². The molecule has 1 aromatic carbocycles. The first-order valence-corrected chi connectivity index (χ1v) is 5.48. The highest BCUT2D eigenvalue weighted by Gasteiger charge is 2.20. The summed E-state index contributed by atoms with van der Waals surface area (Å²) >= 11 is 5.76. The van der Waals surface area contributed by atoms with Gasteiger partial charge in [-0.25, -0.2) is 4.79 Å². The zero-order valence-electron chi connectivity index (χ0n) is 9.62. The Morgan fingerprint density at radius 3 is 2.69 bits per heavy atom. The number of benzene rings is 1. The van der Waals surface area contributed by atoms with Crippen LogP contribution in [0.4, 0.5) is 0 Å². The van der Waals surface area contributed by atoms with Crippen molar-refractivity contribution in [2.24, 2.45) is 0 Å². The van der Waals surface area contributed by atoms with Crippen LogP contribution in [0.3, 0.4) is 0 Å². The Labute approximate surface area is 100 Å². The van der Waals surface area contributed by atoms with Crippen molar-refractivity contribution in [3.05, 3.63) is 34.9 Å². The van der Waals surface area contributed by atoms with E-state index in [4.69, 9.17) is 21.4 Å². The van der Waals surface area contributed by atoms with Crippen molar-refractivity contribution in [2.75, 3.05) is 0 Å². The number of hydrogen-bond donors (Lipinski definition) is 0. The topological polar surface area (TPSA) is 35.5 Å². The third-order valence-corrected chi connectivity index (χ3v) is 2.49. The first-order chi connectivity index (χ1) is 7.44. The largest absolute Gasteiger partial charge is 0.373 e. The minimum Gasteiger partial charge on any atom is -0.292 e. The van der Waals surface area contributed by atoms with Gasteiger partial charge in [0.25, 0.3) is 0 Å². The van der Waals surface area contributed by atoms with Crippen LogP contribution in [0, 0.1) is 0 Å². The van der Waals surface area contributed by atoms with Crippen LogP contribution in [0.15, 0.2) is 24.3 Å². The first kappa shape index (κ1) is 13.0. The van der Waals surface area contributed by atoms with Gasteiger partial charge in [-0.2, -0.15) is 4.89 Å². The average molecular weight is 243 g/mol. The van der Waals surface area contributed by atoms with E-state index in [9.17, 15) is 4.79 Å². The van der Waals surface area contributed by atoms with Crippen LogP contribution in [0.1, 0.15) is 37.6 Å². The summed E-state index contributed by atoms with van der Waals surface area (Å²) in [5.41, 5.74) is -0.103. The highest BCUT2D eigenvalue weighted by Crippen LogP contribution is 2.16. The van der Waals surface area contributed by atoms with Gasteiger partial charge in [0.05, 0.1) is 5.56 Å². The van der Waals surface area contributed by atoms with Gasteiger partial charge in [-0.05, 0) is 38.5 Å². The maximum absolute atomic E-state index is 11.6. The lowest BCUT2D eigenvalue weighted by atomic mass is 10.1. The summed E-state index contributed by atoms with van der Waals surface area (Å²) in [5.74, 6) is -0.538. The molecule has 16 heavy (non-hydrogen) atoms. The minimum atomic E-state index is -0.538.